The summed E-state index contributed by atoms with van der Waals surface area (Å²) in [4.78, 5) is 23.9. The van der Waals surface area contributed by atoms with Crippen molar-refractivity contribution in [1.82, 2.24) is 5.32 Å². The number of aromatic hydroxyl groups is 1. The molecule has 3 atom stereocenters. The quantitative estimate of drug-likeness (QED) is 0.480. The maximum absolute atomic E-state index is 12.0. The largest absolute Gasteiger partial charge is 0.508 e. The second-order valence-corrected chi connectivity index (χ2v) is 5.03. The van der Waals surface area contributed by atoms with E-state index < -0.39 is 30.1 Å². The first-order chi connectivity index (χ1) is 10.3. The fraction of sp³-hybridized carbons (Fsp3) is 0.467. The van der Waals surface area contributed by atoms with Crippen molar-refractivity contribution in [3.63, 3.8) is 0 Å². The van der Waals surface area contributed by atoms with E-state index in [0.717, 1.165) is 5.56 Å². The Balaban J connectivity index is 2.82. The van der Waals surface area contributed by atoms with Gasteiger partial charge in [-0.15, -0.1) is 0 Å². The molecule has 6 N–H and O–H groups in total. The van der Waals surface area contributed by atoms with Crippen LogP contribution in [-0.4, -0.2) is 46.9 Å². The molecule has 0 heterocycles. The maximum atomic E-state index is 12.0. The van der Waals surface area contributed by atoms with Gasteiger partial charge < -0.3 is 26.0 Å². The zero-order chi connectivity index (χ0) is 16.7. The summed E-state index contributed by atoms with van der Waals surface area (Å²) in [6.07, 6.45) is -0.700. The summed E-state index contributed by atoms with van der Waals surface area (Å²) in [6, 6.07) is 4.56. The van der Waals surface area contributed by atoms with E-state index in [1.165, 1.54) is 19.1 Å². The molecule has 0 saturated heterocycles. The Morgan fingerprint density at radius 1 is 1.32 bits per heavy atom. The number of nitrogens with one attached hydrogen (secondary N) is 1. The van der Waals surface area contributed by atoms with E-state index in [-0.39, 0.29) is 18.8 Å². The van der Waals surface area contributed by atoms with Gasteiger partial charge in [0.25, 0.3) is 5.91 Å². The lowest BCUT2D eigenvalue weighted by atomic mass is 10.0. The highest BCUT2D eigenvalue weighted by Gasteiger charge is 2.29. The van der Waals surface area contributed by atoms with Crippen LogP contribution in [0.1, 0.15) is 19.4 Å². The molecule has 22 heavy (non-hydrogen) atoms. The Labute approximate surface area is 129 Å². The van der Waals surface area contributed by atoms with Crippen LogP contribution in [0.25, 0.3) is 0 Å². The van der Waals surface area contributed by atoms with Crippen LogP contribution in [0, 0.1) is 0 Å². The zero-order valence-corrected chi connectivity index (χ0v) is 12.8. The topological polar surface area (TPSA) is 124 Å². The van der Waals surface area contributed by atoms with E-state index in [4.69, 9.17) is 4.74 Å². The summed E-state index contributed by atoms with van der Waals surface area (Å²) in [7, 11) is 0. The fourth-order valence-electron chi connectivity index (χ4n) is 1.80. The van der Waals surface area contributed by atoms with Crippen molar-refractivity contribution in [1.29, 1.82) is 0 Å². The Morgan fingerprint density at radius 3 is 2.41 bits per heavy atom. The molecule has 1 rings (SSSR count). The van der Waals surface area contributed by atoms with Gasteiger partial charge in [0, 0.05) is 6.42 Å². The Bertz CT molecular complexity index is 501. The van der Waals surface area contributed by atoms with Crippen molar-refractivity contribution in [2.45, 2.75) is 38.5 Å². The third-order valence-corrected chi connectivity index (χ3v) is 3.18. The number of carbonyl (C=O) groups is 2. The number of benzene rings is 1. The van der Waals surface area contributed by atoms with Crippen molar-refractivity contribution in [3.8, 4) is 5.75 Å². The number of carbonyl (C=O) groups excluding carboxylic acids is 2. The van der Waals surface area contributed by atoms with Crippen LogP contribution in [0.15, 0.2) is 24.3 Å². The molecule has 0 bridgehead atoms. The second kappa shape index (κ2) is 8.35. The average Bonchev–Trinajstić information content (AvgIpc) is 2.47. The van der Waals surface area contributed by atoms with Gasteiger partial charge in [-0.2, -0.15) is 0 Å². The van der Waals surface area contributed by atoms with Crippen molar-refractivity contribution < 1.29 is 30.3 Å². The Kier molecular flexibility index (Phi) is 6.81. The molecule has 1 amide bonds. The Morgan fingerprint density at radius 2 is 1.91 bits per heavy atom. The molecular weight excluding hydrogens is 288 g/mol. The van der Waals surface area contributed by atoms with Crippen LogP contribution >= 0.6 is 0 Å². The van der Waals surface area contributed by atoms with Gasteiger partial charge in [0.2, 0.25) is 0 Å². The van der Waals surface area contributed by atoms with Gasteiger partial charge in [-0.1, -0.05) is 12.1 Å². The number of hydrogen-bond acceptors (Lipinski definition) is 5. The van der Waals surface area contributed by atoms with Crippen LogP contribution < -0.4 is 11.1 Å². The molecule has 0 aliphatic carbocycles. The molecule has 0 spiro atoms. The number of quaternary nitrogens is 1. The first kappa shape index (κ1) is 17.9. The van der Waals surface area contributed by atoms with Crippen LogP contribution in [0.5, 0.6) is 5.75 Å². The minimum absolute atomic E-state index is 0.118. The lowest BCUT2D eigenvalue weighted by molar-refractivity contribution is -0.419. The molecule has 0 aliphatic heterocycles. The lowest BCUT2D eigenvalue weighted by Crippen LogP contribution is -2.72. The SMILES string of the molecule is CCOC(=O)[C@@H](Cc1ccc(O)cc1)NC(=O)[C@@H]([NH3+])[C@@H](C)O. The number of aliphatic hydroxyl groups excluding tert-OH is 1. The van der Waals surface area contributed by atoms with E-state index in [0.29, 0.717) is 0 Å². The maximum Gasteiger partial charge on any atom is 0.328 e. The van der Waals surface area contributed by atoms with Crippen LogP contribution in [-0.2, 0) is 20.7 Å². The first-order valence-electron chi connectivity index (χ1n) is 7.11. The zero-order valence-electron chi connectivity index (χ0n) is 12.8. The molecule has 7 nitrogen and oxygen atoms in total. The number of esters is 1. The molecule has 0 unspecified atom stereocenters. The third kappa shape index (κ3) is 5.34. The van der Waals surface area contributed by atoms with Gasteiger partial charge in [-0.3, -0.25) is 4.79 Å². The minimum Gasteiger partial charge on any atom is -0.508 e. The molecule has 0 fully saturated rings. The summed E-state index contributed by atoms with van der Waals surface area (Å²) < 4.78 is 4.96. The lowest BCUT2D eigenvalue weighted by Gasteiger charge is -2.19. The number of hydrogen-bond donors (Lipinski definition) is 4. The fourth-order valence-corrected chi connectivity index (χ4v) is 1.80. The van der Waals surface area contributed by atoms with Crippen molar-refractivity contribution in [2.75, 3.05) is 6.61 Å². The first-order valence-corrected chi connectivity index (χ1v) is 7.11. The van der Waals surface area contributed by atoms with E-state index in [1.807, 2.05) is 0 Å². The van der Waals surface area contributed by atoms with E-state index >= 15 is 0 Å². The number of phenols is 1. The molecule has 122 valence electrons. The van der Waals surface area contributed by atoms with E-state index in [9.17, 15) is 19.8 Å². The summed E-state index contributed by atoms with van der Waals surface area (Å²) in [5.41, 5.74) is 4.33. The highest BCUT2D eigenvalue weighted by atomic mass is 16.5. The monoisotopic (exact) mass is 311 g/mol. The molecule has 1 aromatic carbocycles. The molecule has 7 heteroatoms. The van der Waals surface area contributed by atoms with Gasteiger partial charge in [0.15, 0.2) is 6.04 Å². The van der Waals surface area contributed by atoms with Crippen molar-refractivity contribution in [3.05, 3.63) is 29.8 Å². The number of amides is 1. The van der Waals surface area contributed by atoms with Crippen LogP contribution in [0.2, 0.25) is 0 Å². The molecular formula is C15H23N2O5+. The summed E-state index contributed by atoms with van der Waals surface area (Å²) >= 11 is 0. The number of ether oxygens (including phenoxy) is 1. The van der Waals surface area contributed by atoms with Crippen LogP contribution in [0.3, 0.4) is 0 Å². The molecule has 0 radical (unpaired) electrons. The van der Waals surface area contributed by atoms with Crippen LogP contribution in [0.4, 0.5) is 0 Å². The Hall–Kier alpha value is -2.12. The van der Waals surface area contributed by atoms with Gasteiger partial charge in [0.05, 0.1) is 6.61 Å². The van der Waals surface area contributed by atoms with Gasteiger partial charge >= 0.3 is 5.97 Å². The molecule has 0 aliphatic rings. The summed E-state index contributed by atoms with van der Waals surface area (Å²) in [6.45, 7) is 3.33. The minimum atomic E-state index is -0.920. The van der Waals surface area contributed by atoms with Crippen molar-refractivity contribution in [2.24, 2.45) is 0 Å². The average molecular weight is 311 g/mol. The normalized spacial score (nSPS) is 14.7. The molecule has 1 aromatic rings. The van der Waals surface area contributed by atoms with Gasteiger partial charge in [0.1, 0.15) is 17.9 Å². The predicted molar refractivity (Wildman–Crippen MR) is 78.7 cm³/mol. The highest BCUT2D eigenvalue weighted by Crippen LogP contribution is 2.12. The van der Waals surface area contributed by atoms with Gasteiger partial charge in [-0.25, -0.2) is 4.79 Å². The smallest absolute Gasteiger partial charge is 0.328 e. The molecule has 0 saturated carbocycles. The second-order valence-electron chi connectivity index (χ2n) is 5.03. The number of phenolic OH excluding ortho intramolecular Hbond substituents is 1. The summed E-state index contributed by atoms with van der Waals surface area (Å²) in [5, 5.41) is 21.2. The summed E-state index contributed by atoms with van der Waals surface area (Å²) in [5.74, 6) is -0.957. The third-order valence-electron chi connectivity index (χ3n) is 3.18. The number of rotatable bonds is 7. The molecule has 0 aromatic heterocycles. The van der Waals surface area contributed by atoms with E-state index in [2.05, 4.69) is 11.1 Å². The van der Waals surface area contributed by atoms with E-state index in [1.54, 1.807) is 19.1 Å². The predicted octanol–water partition coefficient (Wildman–Crippen LogP) is -1.03. The number of aliphatic hydroxyl groups is 1. The highest BCUT2D eigenvalue weighted by molar-refractivity contribution is 5.87. The van der Waals surface area contributed by atoms with Crippen molar-refractivity contribution >= 4 is 11.9 Å². The standard InChI is InChI=1S/C15H22N2O5/c1-3-22-15(21)12(17-14(20)13(16)9(2)18)8-10-4-6-11(19)7-5-10/h4-7,9,12-13,18-19H,3,8,16H2,1-2H3,(H,17,20)/p+1/t9-,12-,13+/m1/s1. The van der Waals surface area contributed by atoms with Gasteiger partial charge in [-0.05, 0) is 31.5 Å².